The minimum absolute atomic E-state index is 0.0471. The summed E-state index contributed by atoms with van der Waals surface area (Å²) in [5.74, 6) is 0.243. The van der Waals surface area contributed by atoms with E-state index in [0.717, 1.165) is 24.1 Å². The number of thiazole rings is 1. The highest BCUT2D eigenvalue weighted by molar-refractivity contribution is 9.10. The first-order chi connectivity index (χ1) is 10.6. The van der Waals surface area contributed by atoms with E-state index >= 15 is 0 Å². The summed E-state index contributed by atoms with van der Waals surface area (Å²) < 4.78 is 0.572. The molecule has 0 radical (unpaired) electrons. The van der Waals surface area contributed by atoms with Gasteiger partial charge in [-0.25, -0.2) is 4.98 Å². The summed E-state index contributed by atoms with van der Waals surface area (Å²) in [5.41, 5.74) is 4.02. The molecule has 22 heavy (non-hydrogen) atoms. The summed E-state index contributed by atoms with van der Waals surface area (Å²) in [5, 5.41) is 12.9. The summed E-state index contributed by atoms with van der Waals surface area (Å²) in [6, 6.07) is 3.57. The second-order valence-electron chi connectivity index (χ2n) is 5.65. The first-order valence-electron chi connectivity index (χ1n) is 7.30. The number of nitrogens with one attached hydrogen (secondary N) is 1. The predicted molar refractivity (Wildman–Crippen MR) is 91.8 cm³/mol. The van der Waals surface area contributed by atoms with Gasteiger partial charge in [0.1, 0.15) is 4.88 Å². The van der Waals surface area contributed by atoms with Gasteiger partial charge < -0.3 is 10.4 Å². The number of rotatable bonds is 3. The number of anilines is 1. The Morgan fingerprint density at radius 2 is 2.14 bits per heavy atom. The highest BCUT2D eigenvalue weighted by atomic mass is 79.9. The van der Waals surface area contributed by atoms with Gasteiger partial charge in [0.05, 0.1) is 21.4 Å². The van der Waals surface area contributed by atoms with Crippen LogP contribution in [0.5, 0.6) is 5.75 Å². The van der Waals surface area contributed by atoms with Crippen molar-refractivity contribution in [2.75, 3.05) is 5.32 Å². The molecule has 1 aliphatic rings. The van der Waals surface area contributed by atoms with Crippen molar-refractivity contribution < 1.29 is 9.90 Å². The van der Waals surface area contributed by atoms with Crippen LogP contribution in [-0.2, 0) is 0 Å². The second-order valence-corrected chi connectivity index (χ2v) is 7.35. The lowest BCUT2D eigenvalue weighted by molar-refractivity contribution is 0.102. The zero-order valence-corrected chi connectivity index (χ0v) is 14.6. The summed E-state index contributed by atoms with van der Waals surface area (Å²) >= 11 is 4.65. The predicted octanol–water partition coefficient (Wildman–Crippen LogP) is 4.83. The quantitative estimate of drug-likeness (QED) is 0.749. The fourth-order valence-corrected chi connectivity index (χ4v) is 4.27. The van der Waals surface area contributed by atoms with Crippen molar-refractivity contribution in [2.45, 2.75) is 38.5 Å². The van der Waals surface area contributed by atoms with E-state index < -0.39 is 0 Å². The molecule has 1 aromatic heterocycles. The lowest BCUT2D eigenvalue weighted by atomic mass is 10.0. The number of benzene rings is 1. The molecule has 1 fully saturated rings. The van der Waals surface area contributed by atoms with Gasteiger partial charge in [-0.3, -0.25) is 4.79 Å². The van der Waals surface area contributed by atoms with E-state index in [2.05, 4.69) is 26.2 Å². The van der Waals surface area contributed by atoms with Gasteiger partial charge in [0.15, 0.2) is 5.75 Å². The third-order valence-corrected chi connectivity index (χ3v) is 5.44. The minimum atomic E-state index is -0.197. The number of carbonyl (C=O) groups excluding carboxylic acids is 1. The second kappa shape index (κ2) is 6.38. The van der Waals surface area contributed by atoms with Gasteiger partial charge in [-0.2, -0.15) is 0 Å². The minimum Gasteiger partial charge on any atom is -0.505 e. The van der Waals surface area contributed by atoms with Gasteiger partial charge in [0.2, 0.25) is 0 Å². The van der Waals surface area contributed by atoms with Crippen LogP contribution in [0.15, 0.2) is 22.1 Å². The van der Waals surface area contributed by atoms with Crippen molar-refractivity contribution in [3.8, 4) is 5.75 Å². The van der Waals surface area contributed by atoms with E-state index in [1.165, 1.54) is 24.2 Å². The monoisotopic (exact) mass is 380 g/mol. The number of hydrogen-bond acceptors (Lipinski definition) is 4. The molecule has 1 aliphatic carbocycles. The van der Waals surface area contributed by atoms with Gasteiger partial charge >= 0.3 is 0 Å². The maximum atomic E-state index is 12.6. The van der Waals surface area contributed by atoms with E-state index in [0.29, 0.717) is 21.0 Å². The maximum Gasteiger partial charge on any atom is 0.267 e. The summed E-state index contributed by atoms with van der Waals surface area (Å²) in [6.45, 7) is 1.91. The SMILES string of the molecule is Cc1cc(Br)c(O)c(NC(=O)c2scnc2C2CCCC2)c1. The molecule has 3 rings (SSSR count). The number of hydrogen-bond donors (Lipinski definition) is 2. The standard InChI is InChI=1S/C16H17BrN2O2S/c1-9-6-11(17)14(20)12(7-9)19-16(21)15-13(18-8-22-15)10-4-2-3-5-10/h6-8,10,20H,2-5H2,1H3,(H,19,21). The molecule has 0 atom stereocenters. The van der Waals surface area contributed by atoms with Crippen molar-refractivity contribution in [2.24, 2.45) is 0 Å². The van der Waals surface area contributed by atoms with Crippen molar-refractivity contribution in [1.82, 2.24) is 4.98 Å². The topological polar surface area (TPSA) is 62.2 Å². The van der Waals surface area contributed by atoms with Crippen LogP contribution in [0, 0.1) is 6.92 Å². The van der Waals surface area contributed by atoms with E-state index in [-0.39, 0.29) is 11.7 Å². The molecule has 4 nitrogen and oxygen atoms in total. The molecule has 1 amide bonds. The molecular formula is C16H17BrN2O2S. The Kier molecular flexibility index (Phi) is 4.49. The Hall–Kier alpha value is -1.40. The fourth-order valence-electron chi connectivity index (χ4n) is 2.92. The number of halogens is 1. The number of aromatic nitrogens is 1. The highest BCUT2D eigenvalue weighted by Crippen LogP contribution is 2.37. The molecule has 0 unspecified atom stereocenters. The number of nitrogens with zero attached hydrogens (tertiary/aromatic N) is 1. The molecule has 0 bridgehead atoms. The lowest BCUT2D eigenvalue weighted by Gasteiger charge is -2.11. The largest absolute Gasteiger partial charge is 0.505 e. The van der Waals surface area contributed by atoms with Crippen LogP contribution in [0.25, 0.3) is 0 Å². The average molecular weight is 381 g/mol. The fraction of sp³-hybridized carbons (Fsp3) is 0.375. The Bertz CT molecular complexity index is 708. The number of carbonyl (C=O) groups is 1. The molecule has 0 aliphatic heterocycles. The number of aryl methyl sites for hydroxylation is 1. The van der Waals surface area contributed by atoms with E-state index in [9.17, 15) is 9.90 Å². The molecule has 116 valence electrons. The zero-order valence-electron chi connectivity index (χ0n) is 12.2. The Morgan fingerprint density at radius 1 is 1.41 bits per heavy atom. The normalized spacial score (nSPS) is 15.2. The summed E-state index contributed by atoms with van der Waals surface area (Å²) in [4.78, 5) is 17.6. The van der Waals surface area contributed by atoms with Gasteiger partial charge in [0.25, 0.3) is 5.91 Å². The van der Waals surface area contributed by atoms with Crippen molar-refractivity contribution in [3.05, 3.63) is 38.3 Å². The maximum absolute atomic E-state index is 12.6. The molecule has 1 saturated carbocycles. The van der Waals surface area contributed by atoms with E-state index in [4.69, 9.17) is 0 Å². The van der Waals surface area contributed by atoms with Crippen molar-refractivity contribution >= 4 is 38.9 Å². The number of aromatic hydroxyl groups is 1. The van der Waals surface area contributed by atoms with E-state index in [1.54, 1.807) is 11.6 Å². The van der Waals surface area contributed by atoms with Crippen LogP contribution in [0.2, 0.25) is 0 Å². The van der Waals surface area contributed by atoms with Crippen LogP contribution in [0.3, 0.4) is 0 Å². The van der Waals surface area contributed by atoms with Crippen molar-refractivity contribution in [3.63, 3.8) is 0 Å². The average Bonchev–Trinajstić information content (AvgIpc) is 3.14. The smallest absolute Gasteiger partial charge is 0.267 e. The Labute approximate surface area is 141 Å². The molecule has 0 saturated heterocycles. The van der Waals surface area contributed by atoms with Crippen LogP contribution < -0.4 is 5.32 Å². The van der Waals surface area contributed by atoms with Gasteiger partial charge in [-0.05, 0) is 53.4 Å². The summed E-state index contributed by atoms with van der Waals surface area (Å²) in [7, 11) is 0. The number of phenols is 1. The molecule has 2 N–H and O–H groups in total. The third kappa shape index (κ3) is 3.03. The van der Waals surface area contributed by atoms with Crippen LogP contribution in [0.4, 0.5) is 5.69 Å². The molecule has 1 aromatic carbocycles. The third-order valence-electron chi connectivity index (χ3n) is 4.00. The number of phenolic OH excluding ortho intramolecular Hbond substituents is 1. The van der Waals surface area contributed by atoms with Gasteiger partial charge in [0, 0.05) is 5.92 Å². The number of amides is 1. The summed E-state index contributed by atoms with van der Waals surface area (Å²) in [6.07, 6.45) is 4.61. The van der Waals surface area contributed by atoms with Crippen molar-refractivity contribution in [1.29, 1.82) is 0 Å². The van der Waals surface area contributed by atoms with Crippen LogP contribution in [0.1, 0.15) is 52.5 Å². The van der Waals surface area contributed by atoms with Crippen LogP contribution in [-0.4, -0.2) is 16.0 Å². The van der Waals surface area contributed by atoms with E-state index in [1.807, 2.05) is 13.0 Å². The Balaban J connectivity index is 1.85. The molecular weight excluding hydrogens is 364 g/mol. The Morgan fingerprint density at radius 3 is 2.86 bits per heavy atom. The lowest BCUT2D eigenvalue weighted by Crippen LogP contribution is -2.14. The van der Waals surface area contributed by atoms with Crippen LogP contribution >= 0.6 is 27.3 Å². The first kappa shape index (κ1) is 15.5. The first-order valence-corrected chi connectivity index (χ1v) is 8.97. The molecule has 0 spiro atoms. The highest BCUT2D eigenvalue weighted by Gasteiger charge is 2.25. The molecule has 1 heterocycles. The van der Waals surface area contributed by atoms with Gasteiger partial charge in [-0.1, -0.05) is 12.8 Å². The molecule has 2 aromatic rings. The molecule has 6 heteroatoms. The zero-order chi connectivity index (χ0) is 15.7. The van der Waals surface area contributed by atoms with Gasteiger partial charge in [-0.15, -0.1) is 11.3 Å².